The molecule has 0 aromatic rings. The van der Waals surface area contributed by atoms with Gasteiger partial charge in [-0.3, -0.25) is 0 Å². The number of hydrogen-bond acceptors (Lipinski definition) is 4. The molecule has 0 aliphatic carbocycles. The monoisotopic (exact) mass is 224 g/mol. The quantitative estimate of drug-likeness (QED) is 0.643. The first-order valence-corrected chi connectivity index (χ1v) is 7.28. The summed E-state index contributed by atoms with van der Waals surface area (Å²) in [6, 6.07) is 0. The summed E-state index contributed by atoms with van der Waals surface area (Å²) in [5.74, 6) is -0.828. The molecule has 0 atom stereocenters. The smallest absolute Gasteiger partial charge is 0.176 e. The fourth-order valence-corrected chi connectivity index (χ4v) is 5.68. The average molecular weight is 224 g/mol. The van der Waals surface area contributed by atoms with Gasteiger partial charge in [0.25, 0.3) is 0 Å². The van der Waals surface area contributed by atoms with Crippen LogP contribution in [0.15, 0.2) is 10.3 Å². The lowest BCUT2D eigenvalue weighted by Crippen LogP contribution is -2.25. The van der Waals surface area contributed by atoms with E-state index in [2.05, 4.69) is 0 Å². The third kappa shape index (κ3) is 2.31. The summed E-state index contributed by atoms with van der Waals surface area (Å²) in [4.78, 5) is 0.0405. The summed E-state index contributed by atoms with van der Waals surface area (Å²) in [6.07, 6.45) is 0. The Morgan fingerprint density at radius 2 is 1.69 bits per heavy atom. The molecular weight excluding hydrogens is 212 g/mol. The molecular formula is C7H12O4S2. The molecule has 13 heavy (non-hydrogen) atoms. The molecule has 0 saturated carbocycles. The van der Waals surface area contributed by atoms with E-state index in [9.17, 15) is 16.8 Å². The summed E-state index contributed by atoms with van der Waals surface area (Å²) < 4.78 is 45.0. The predicted molar refractivity (Wildman–Crippen MR) is 50.5 cm³/mol. The maximum atomic E-state index is 11.4. The number of sulfone groups is 2. The van der Waals surface area contributed by atoms with Crippen molar-refractivity contribution < 1.29 is 16.8 Å². The van der Waals surface area contributed by atoms with Crippen LogP contribution in [-0.2, 0) is 19.7 Å². The van der Waals surface area contributed by atoms with Crippen LogP contribution < -0.4 is 0 Å². The van der Waals surface area contributed by atoms with Gasteiger partial charge in [-0.15, -0.1) is 0 Å². The second-order valence-corrected chi connectivity index (χ2v) is 7.44. The van der Waals surface area contributed by atoms with Gasteiger partial charge in [0.1, 0.15) is 0 Å². The van der Waals surface area contributed by atoms with Crippen LogP contribution in [0.2, 0.25) is 0 Å². The van der Waals surface area contributed by atoms with E-state index in [1.165, 1.54) is 0 Å². The molecule has 4 nitrogen and oxygen atoms in total. The van der Waals surface area contributed by atoms with Gasteiger partial charge < -0.3 is 0 Å². The number of allylic oxidation sites excluding steroid dienone is 1. The van der Waals surface area contributed by atoms with E-state index in [1.807, 2.05) is 0 Å². The van der Waals surface area contributed by atoms with E-state index in [4.69, 9.17) is 0 Å². The standard InChI is InChI=1S/C7H12O4S2/c1-6(2)7-5-12(8,9)3-4-13(7,10)11/h5-6H,3-4H2,1-2H3. The molecule has 0 unspecified atom stereocenters. The van der Waals surface area contributed by atoms with E-state index in [-0.39, 0.29) is 22.3 Å². The Morgan fingerprint density at radius 3 is 2.08 bits per heavy atom. The first-order chi connectivity index (χ1) is 5.75. The zero-order chi connectivity index (χ0) is 10.3. The zero-order valence-corrected chi connectivity index (χ0v) is 9.15. The van der Waals surface area contributed by atoms with Crippen molar-refractivity contribution >= 4 is 19.7 Å². The van der Waals surface area contributed by atoms with Crippen molar-refractivity contribution in [1.82, 2.24) is 0 Å². The summed E-state index contributed by atoms with van der Waals surface area (Å²) >= 11 is 0. The summed E-state index contributed by atoms with van der Waals surface area (Å²) in [5, 5.41) is 0.899. The Balaban J connectivity index is 3.33. The fraction of sp³-hybridized carbons (Fsp3) is 0.714. The average Bonchev–Trinajstić information content (AvgIpc) is 1.95. The highest BCUT2D eigenvalue weighted by Gasteiger charge is 2.29. The lowest BCUT2D eigenvalue weighted by atomic mass is 10.2. The molecule has 1 heterocycles. The molecule has 0 N–H and O–H groups in total. The van der Waals surface area contributed by atoms with Crippen LogP contribution in [-0.4, -0.2) is 28.3 Å². The maximum Gasteiger partial charge on any atom is 0.176 e. The molecule has 0 amide bonds. The van der Waals surface area contributed by atoms with Crippen LogP contribution in [0.25, 0.3) is 0 Å². The second kappa shape index (κ2) is 3.09. The first-order valence-electron chi connectivity index (χ1n) is 3.92. The van der Waals surface area contributed by atoms with Gasteiger partial charge in [0.05, 0.1) is 16.4 Å². The summed E-state index contributed by atoms with van der Waals surface area (Å²) in [6.45, 7) is 3.34. The molecule has 0 aromatic heterocycles. The second-order valence-electron chi connectivity index (χ2n) is 3.36. The van der Waals surface area contributed by atoms with E-state index < -0.39 is 19.7 Å². The van der Waals surface area contributed by atoms with Crippen LogP contribution >= 0.6 is 0 Å². The van der Waals surface area contributed by atoms with Gasteiger partial charge in [0.2, 0.25) is 0 Å². The molecule has 0 bridgehead atoms. The van der Waals surface area contributed by atoms with Crippen LogP contribution in [0.1, 0.15) is 13.8 Å². The van der Waals surface area contributed by atoms with E-state index >= 15 is 0 Å². The highest BCUT2D eigenvalue weighted by Crippen LogP contribution is 2.23. The van der Waals surface area contributed by atoms with E-state index in [0.717, 1.165) is 5.41 Å². The lowest BCUT2D eigenvalue weighted by Gasteiger charge is -2.16. The highest BCUT2D eigenvalue weighted by atomic mass is 32.2. The Labute approximate surface area is 78.5 Å². The van der Waals surface area contributed by atoms with Crippen molar-refractivity contribution in [3.05, 3.63) is 10.3 Å². The maximum absolute atomic E-state index is 11.4. The zero-order valence-electron chi connectivity index (χ0n) is 7.52. The minimum Gasteiger partial charge on any atom is -0.224 e. The molecule has 1 aliphatic rings. The fourth-order valence-electron chi connectivity index (χ4n) is 1.15. The van der Waals surface area contributed by atoms with E-state index in [1.54, 1.807) is 13.8 Å². The molecule has 0 spiro atoms. The molecule has 0 radical (unpaired) electrons. The normalized spacial score (nSPS) is 25.6. The van der Waals surface area contributed by atoms with E-state index in [0.29, 0.717) is 0 Å². The minimum absolute atomic E-state index is 0.0405. The molecule has 76 valence electrons. The van der Waals surface area contributed by atoms with Gasteiger partial charge in [0, 0.05) is 5.41 Å². The van der Waals surface area contributed by atoms with Crippen molar-refractivity contribution in [2.45, 2.75) is 13.8 Å². The van der Waals surface area contributed by atoms with Gasteiger partial charge in [-0.05, 0) is 5.92 Å². The Bertz CT molecular complexity index is 425. The third-order valence-corrected chi connectivity index (χ3v) is 5.70. The van der Waals surface area contributed by atoms with Crippen LogP contribution in [0.4, 0.5) is 0 Å². The molecule has 1 aliphatic heterocycles. The highest BCUT2D eigenvalue weighted by molar-refractivity contribution is 8.01. The summed E-state index contributed by atoms with van der Waals surface area (Å²) in [5.41, 5.74) is 0. The largest absolute Gasteiger partial charge is 0.224 e. The molecule has 0 aromatic carbocycles. The van der Waals surface area contributed by atoms with Gasteiger partial charge in [-0.1, -0.05) is 13.8 Å². The first kappa shape index (κ1) is 10.7. The Kier molecular flexibility index (Phi) is 2.55. The molecule has 6 heteroatoms. The Hall–Kier alpha value is -0.360. The molecule has 1 rings (SSSR count). The Morgan fingerprint density at radius 1 is 1.15 bits per heavy atom. The van der Waals surface area contributed by atoms with Crippen molar-refractivity contribution in [3.8, 4) is 0 Å². The van der Waals surface area contributed by atoms with Crippen LogP contribution in [0.3, 0.4) is 0 Å². The number of rotatable bonds is 1. The van der Waals surface area contributed by atoms with Crippen molar-refractivity contribution in [2.24, 2.45) is 5.92 Å². The lowest BCUT2D eigenvalue weighted by molar-refractivity contribution is 0.586. The van der Waals surface area contributed by atoms with Gasteiger partial charge in [0.15, 0.2) is 19.7 Å². The number of hydrogen-bond donors (Lipinski definition) is 0. The summed E-state index contributed by atoms with van der Waals surface area (Å²) in [7, 11) is -6.60. The van der Waals surface area contributed by atoms with Crippen LogP contribution in [0.5, 0.6) is 0 Å². The SMILES string of the molecule is CC(C)C1=CS(=O)(=O)CCS1(=O)=O. The minimum atomic E-state index is -3.31. The van der Waals surface area contributed by atoms with Crippen molar-refractivity contribution in [1.29, 1.82) is 0 Å². The van der Waals surface area contributed by atoms with Crippen LogP contribution in [0, 0.1) is 5.92 Å². The van der Waals surface area contributed by atoms with Gasteiger partial charge >= 0.3 is 0 Å². The van der Waals surface area contributed by atoms with Crippen molar-refractivity contribution in [3.63, 3.8) is 0 Å². The molecule has 0 saturated heterocycles. The third-order valence-electron chi connectivity index (χ3n) is 1.86. The van der Waals surface area contributed by atoms with Crippen molar-refractivity contribution in [2.75, 3.05) is 11.5 Å². The molecule has 0 fully saturated rings. The predicted octanol–water partition coefficient (Wildman–Crippen LogP) is 0.327. The van der Waals surface area contributed by atoms with Gasteiger partial charge in [-0.2, -0.15) is 0 Å². The topological polar surface area (TPSA) is 68.3 Å². The van der Waals surface area contributed by atoms with Gasteiger partial charge in [-0.25, -0.2) is 16.8 Å².